The van der Waals surface area contributed by atoms with E-state index < -0.39 is 21.7 Å². The second-order valence-electron chi connectivity index (χ2n) is 8.49. The quantitative estimate of drug-likeness (QED) is 0.649. The van der Waals surface area contributed by atoms with Gasteiger partial charge in [0.2, 0.25) is 11.0 Å². The van der Waals surface area contributed by atoms with Crippen LogP contribution in [0.4, 0.5) is 9.93 Å². The Hall–Kier alpha value is -2.44. The molecule has 1 fully saturated rings. The zero-order valence-electron chi connectivity index (χ0n) is 18.8. The van der Waals surface area contributed by atoms with Gasteiger partial charge in [-0.25, -0.2) is 13.2 Å². The van der Waals surface area contributed by atoms with Gasteiger partial charge in [-0.2, -0.15) is 0 Å². The average molecular weight is 516 g/mol. The van der Waals surface area contributed by atoms with Crippen LogP contribution in [0.1, 0.15) is 31.3 Å². The fourth-order valence-electron chi connectivity index (χ4n) is 3.12. The average Bonchev–Trinajstić information content (AvgIpc) is 3.14. The van der Waals surface area contributed by atoms with Crippen LogP contribution < -0.4 is 4.72 Å². The molecule has 33 heavy (non-hydrogen) atoms. The van der Waals surface area contributed by atoms with Gasteiger partial charge in [-0.3, -0.25) is 9.52 Å². The molecule has 0 radical (unpaired) electrons. The lowest BCUT2D eigenvalue weighted by Gasteiger charge is -2.35. The predicted octanol–water partition coefficient (Wildman–Crippen LogP) is 2.92. The third kappa shape index (κ3) is 6.55. The van der Waals surface area contributed by atoms with E-state index in [4.69, 9.17) is 16.3 Å². The SMILES string of the molecule is Cc1c(Cl)cccc1S(=O)(=O)Nc1nnc(CC(=O)N2CCN(C(=O)OC(C)(C)C)CC2)s1. The highest BCUT2D eigenvalue weighted by Crippen LogP contribution is 2.26. The van der Waals surface area contributed by atoms with E-state index in [1.54, 1.807) is 49.6 Å². The summed E-state index contributed by atoms with van der Waals surface area (Å²) in [5.41, 5.74) is -0.149. The molecule has 1 aromatic heterocycles. The van der Waals surface area contributed by atoms with Gasteiger partial charge < -0.3 is 14.5 Å². The summed E-state index contributed by atoms with van der Waals surface area (Å²) in [7, 11) is -3.90. The van der Waals surface area contributed by atoms with E-state index in [-0.39, 0.29) is 22.4 Å². The van der Waals surface area contributed by atoms with Crippen LogP contribution in [-0.2, 0) is 26.0 Å². The number of carbonyl (C=O) groups is 2. The number of benzene rings is 1. The van der Waals surface area contributed by atoms with E-state index in [1.807, 2.05) is 0 Å². The number of carbonyl (C=O) groups excluding carboxylic acids is 2. The molecule has 10 nitrogen and oxygen atoms in total. The first-order valence-electron chi connectivity index (χ1n) is 10.2. The van der Waals surface area contributed by atoms with Gasteiger partial charge in [-0.15, -0.1) is 10.2 Å². The zero-order chi connectivity index (χ0) is 24.4. The number of aromatic nitrogens is 2. The van der Waals surface area contributed by atoms with Gasteiger partial charge in [-0.1, -0.05) is 29.0 Å². The number of piperazine rings is 1. The molecule has 1 aliphatic heterocycles. The van der Waals surface area contributed by atoms with Gasteiger partial charge in [0.25, 0.3) is 10.0 Å². The maximum atomic E-state index is 12.7. The van der Waals surface area contributed by atoms with E-state index in [0.717, 1.165) is 11.3 Å². The van der Waals surface area contributed by atoms with Crippen molar-refractivity contribution in [3.63, 3.8) is 0 Å². The van der Waals surface area contributed by atoms with Crippen molar-refractivity contribution in [3.8, 4) is 0 Å². The van der Waals surface area contributed by atoms with Gasteiger partial charge in [0.15, 0.2) is 0 Å². The summed E-state index contributed by atoms with van der Waals surface area (Å²) in [6.07, 6.45) is -0.409. The maximum absolute atomic E-state index is 12.7. The molecular weight excluding hydrogens is 490 g/mol. The minimum absolute atomic E-state index is 0.0119. The van der Waals surface area contributed by atoms with E-state index in [9.17, 15) is 18.0 Å². The molecular formula is C20H26ClN5O5S2. The molecule has 1 N–H and O–H groups in total. The summed E-state index contributed by atoms with van der Waals surface area (Å²) >= 11 is 7.02. The lowest BCUT2D eigenvalue weighted by Crippen LogP contribution is -2.51. The van der Waals surface area contributed by atoms with Crippen LogP contribution in [-0.4, -0.2) is 72.2 Å². The number of rotatable bonds is 5. The molecule has 0 atom stereocenters. The summed E-state index contributed by atoms with van der Waals surface area (Å²) in [6, 6.07) is 4.61. The Morgan fingerprint density at radius 2 is 1.79 bits per heavy atom. The molecule has 2 amide bonds. The minimum Gasteiger partial charge on any atom is -0.444 e. The Morgan fingerprint density at radius 3 is 2.42 bits per heavy atom. The van der Waals surface area contributed by atoms with Crippen LogP contribution in [0.3, 0.4) is 0 Å². The second kappa shape index (κ2) is 9.82. The van der Waals surface area contributed by atoms with Crippen LogP contribution in [0.2, 0.25) is 5.02 Å². The highest BCUT2D eigenvalue weighted by Gasteiger charge is 2.28. The predicted molar refractivity (Wildman–Crippen MR) is 125 cm³/mol. The molecule has 1 aromatic carbocycles. The van der Waals surface area contributed by atoms with Crippen molar-refractivity contribution >= 4 is 50.1 Å². The Balaban J connectivity index is 1.56. The van der Waals surface area contributed by atoms with Crippen LogP contribution in [0.5, 0.6) is 0 Å². The molecule has 1 saturated heterocycles. The largest absolute Gasteiger partial charge is 0.444 e. The fraction of sp³-hybridized carbons (Fsp3) is 0.500. The van der Waals surface area contributed by atoms with E-state index >= 15 is 0 Å². The third-order valence-corrected chi connectivity index (χ3v) is 7.64. The van der Waals surface area contributed by atoms with Gasteiger partial charge >= 0.3 is 6.09 Å². The number of anilines is 1. The smallest absolute Gasteiger partial charge is 0.410 e. The van der Waals surface area contributed by atoms with Crippen molar-refractivity contribution in [2.45, 2.75) is 44.6 Å². The van der Waals surface area contributed by atoms with E-state index in [1.165, 1.54) is 6.07 Å². The normalized spacial score (nSPS) is 14.8. The number of nitrogens with zero attached hydrogens (tertiary/aromatic N) is 4. The number of hydrogen-bond donors (Lipinski definition) is 1. The summed E-state index contributed by atoms with van der Waals surface area (Å²) in [6.45, 7) is 8.53. The Labute approximate surface area is 201 Å². The summed E-state index contributed by atoms with van der Waals surface area (Å²) < 4.78 is 33.1. The van der Waals surface area contributed by atoms with Crippen LogP contribution >= 0.6 is 22.9 Å². The molecule has 3 rings (SSSR count). The summed E-state index contributed by atoms with van der Waals surface area (Å²) in [5, 5.41) is 8.57. The molecule has 0 spiro atoms. The van der Waals surface area contributed by atoms with Crippen molar-refractivity contribution in [2.24, 2.45) is 0 Å². The summed E-state index contributed by atoms with van der Waals surface area (Å²) in [4.78, 5) is 28.1. The Kier molecular flexibility index (Phi) is 7.49. The number of ether oxygens (including phenoxy) is 1. The summed E-state index contributed by atoms with van der Waals surface area (Å²) in [5.74, 6) is -0.171. The zero-order valence-corrected chi connectivity index (χ0v) is 21.2. The van der Waals surface area contributed by atoms with E-state index in [2.05, 4.69) is 14.9 Å². The molecule has 180 valence electrons. The number of halogens is 1. The first-order valence-corrected chi connectivity index (χ1v) is 12.9. The van der Waals surface area contributed by atoms with Gasteiger partial charge in [0.05, 0.1) is 11.3 Å². The van der Waals surface area contributed by atoms with Crippen molar-refractivity contribution < 1.29 is 22.7 Å². The minimum atomic E-state index is -3.90. The molecule has 0 bridgehead atoms. The first-order chi connectivity index (χ1) is 15.4. The maximum Gasteiger partial charge on any atom is 0.410 e. The lowest BCUT2D eigenvalue weighted by atomic mass is 10.2. The van der Waals surface area contributed by atoms with Crippen molar-refractivity contribution in [2.75, 3.05) is 30.9 Å². The van der Waals surface area contributed by atoms with Crippen molar-refractivity contribution in [3.05, 3.63) is 33.8 Å². The van der Waals surface area contributed by atoms with Gasteiger partial charge in [0, 0.05) is 31.2 Å². The monoisotopic (exact) mass is 515 g/mol. The van der Waals surface area contributed by atoms with Crippen molar-refractivity contribution in [1.29, 1.82) is 0 Å². The van der Waals surface area contributed by atoms with Crippen LogP contribution in [0.25, 0.3) is 0 Å². The third-order valence-electron chi connectivity index (χ3n) is 4.78. The number of hydrogen-bond acceptors (Lipinski definition) is 8. The molecule has 1 aliphatic rings. The topological polar surface area (TPSA) is 122 Å². The molecule has 13 heteroatoms. The first kappa shape index (κ1) is 25.2. The highest BCUT2D eigenvalue weighted by molar-refractivity contribution is 7.93. The molecule has 2 aromatic rings. The molecule has 2 heterocycles. The van der Waals surface area contributed by atoms with E-state index in [0.29, 0.717) is 41.8 Å². The van der Waals surface area contributed by atoms with Crippen LogP contribution in [0, 0.1) is 6.92 Å². The Bertz CT molecular complexity index is 1140. The molecule has 0 aliphatic carbocycles. The van der Waals surface area contributed by atoms with Crippen LogP contribution in [0.15, 0.2) is 23.1 Å². The fourth-order valence-corrected chi connectivity index (χ4v) is 5.58. The van der Waals surface area contributed by atoms with Crippen molar-refractivity contribution in [1.82, 2.24) is 20.0 Å². The Morgan fingerprint density at radius 1 is 1.15 bits per heavy atom. The second-order valence-corrected chi connectivity index (χ2v) is 11.6. The molecule has 0 saturated carbocycles. The number of sulfonamides is 1. The number of nitrogens with one attached hydrogen (secondary N) is 1. The number of amides is 2. The lowest BCUT2D eigenvalue weighted by molar-refractivity contribution is -0.132. The highest BCUT2D eigenvalue weighted by atomic mass is 35.5. The molecule has 0 unspecified atom stereocenters. The van der Waals surface area contributed by atoms with Gasteiger partial charge in [-0.05, 0) is 45.4 Å². The standard InChI is InChI=1S/C20H26ClN5O5S2/c1-13-14(21)6-5-7-15(13)33(29,30)24-18-23-22-16(32-18)12-17(27)25-8-10-26(11-9-25)19(28)31-20(2,3)4/h5-7H,8-12H2,1-4H3,(H,23,24). The van der Waals surface area contributed by atoms with Gasteiger partial charge in [0.1, 0.15) is 10.6 Å².